The van der Waals surface area contributed by atoms with Gasteiger partial charge in [0.2, 0.25) is 0 Å². The van der Waals surface area contributed by atoms with Crippen LogP contribution in [0, 0.1) is 0 Å². The van der Waals surface area contributed by atoms with Crippen molar-refractivity contribution in [1.82, 2.24) is 30.8 Å². The highest BCUT2D eigenvalue weighted by Gasteiger charge is 2.07. The molecule has 2 aromatic heterocycles. The number of fused-ring (bicyclic) bond motifs is 3. The summed E-state index contributed by atoms with van der Waals surface area (Å²) in [6.45, 7) is 8.56. The molecular weight excluding hydrogens is 360 g/mol. The van der Waals surface area contributed by atoms with Crippen LogP contribution in [0.15, 0.2) is 54.7 Å². The Labute approximate surface area is 172 Å². The molecule has 0 aliphatic carbocycles. The molecule has 0 radical (unpaired) electrons. The van der Waals surface area contributed by atoms with Gasteiger partial charge in [-0.1, -0.05) is 24.3 Å². The quantitative estimate of drug-likeness (QED) is 0.579. The van der Waals surface area contributed by atoms with Gasteiger partial charge in [0.25, 0.3) is 0 Å². The predicted octanol–water partition coefficient (Wildman–Crippen LogP) is 1.91. The van der Waals surface area contributed by atoms with Crippen molar-refractivity contribution < 1.29 is 0 Å². The van der Waals surface area contributed by atoms with Gasteiger partial charge < -0.3 is 16.0 Å². The predicted molar refractivity (Wildman–Crippen MR) is 118 cm³/mol. The second-order valence-corrected chi connectivity index (χ2v) is 7.48. The molecule has 6 heteroatoms. The molecule has 2 bridgehead atoms. The number of nitrogens with one attached hydrogen (secondary N) is 3. The lowest BCUT2D eigenvalue weighted by Crippen LogP contribution is -2.40. The zero-order valence-electron chi connectivity index (χ0n) is 16.9. The standard InChI is InChI=1S/C23H30N6/c1-2-7-23-22(6-1)19(8-9-27-23)16-24-10-13-29-14-11-25-17-20-4-3-5-21(28-20)18-26-12-15-29/h1-9,24-26H,10-18H2. The molecule has 0 saturated heterocycles. The van der Waals surface area contributed by atoms with Crippen molar-refractivity contribution in [2.75, 3.05) is 39.3 Å². The maximum atomic E-state index is 4.68. The third kappa shape index (κ3) is 5.81. The summed E-state index contributed by atoms with van der Waals surface area (Å²) in [5.74, 6) is 0. The molecule has 6 nitrogen and oxygen atoms in total. The summed E-state index contributed by atoms with van der Waals surface area (Å²) < 4.78 is 0. The van der Waals surface area contributed by atoms with Gasteiger partial charge in [-0.25, -0.2) is 0 Å². The maximum absolute atomic E-state index is 4.68. The Hall–Kier alpha value is -2.38. The lowest BCUT2D eigenvalue weighted by molar-refractivity contribution is 0.270. The largest absolute Gasteiger partial charge is 0.311 e. The third-order valence-electron chi connectivity index (χ3n) is 5.35. The van der Waals surface area contributed by atoms with Gasteiger partial charge in [0.1, 0.15) is 0 Å². The van der Waals surface area contributed by atoms with Crippen LogP contribution < -0.4 is 16.0 Å². The molecule has 3 aromatic rings. The van der Waals surface area contributed by atoms with Crippen molar-refractivity contribution >= 4 is 10.9 Å². The molecule has 0 fully saturated rings. The van der Waals surface area contributed by atoms with Crippen molar-refractivity contribution in [3.05, 3.63) is 71.7 Å². The number of nitrogens with zero attached hydrogens (tertiary/aromatic N) is 3. The van der Waals surface area contributed by atoms with Gasteiger partial charge in [-0.05, 0) is 29.8 Å². The number of rotatable bonds is 5. The van der Waals surface area contributed by atoms with Gasteiger partial charge in [0.15, 0.2) is 0 Å². The van der Waals surface area contributed by atoms with E-state index in [1.807, 2.05) is 12.3 Å². The van der Waals surface area contributed by atoms with E-state index in [0.29, 0.717) is 0 Å². The van der Waals surface area contributed by atoms with Gasteiger partial charge in [-0.15, -0.1) is 0 Å². The minimum absolute atomic E-state index is 0.828. The molecule has 1 aliphatic rings. The number of hydrogen-bond acceptors (Lipinski definition) is 6. The fourth-order valence-electron chi connectivity index (χ4n) is 3.74. The van der Waals surface area contributed by atoms with E-state index in [2.05, 4.69) is 73.3 Å². The molecule has 0 saturated carbocycles. The Kier molecular flexibility index (Phi) is 7.15. The fraction of sp³-hybridized carbons (Fsp3) is 0.391. The SMILES string of the molecule is c1cc2nc(c1)CNCCN(CCNCc1ccnc3ccccc13)CCNC2. The zero-order valence-corrected chi connectivity index (χ0v) is 16.9. The van der Waals surface area contributed by atoms with Crippen LogP contribution in [-0.4, -0.2) is 54.1 Å². The van der Waals surface area contributed by atoms with Crippen LogP contribution >= 0.6 is 0 Å². The molecule has 0 spiro atoms. The fourth-order valence-corrected chi connectivity index (χ4v) is 3.74. The van der Waals surface area contributed by atoms with Crippen molar-refractivity contribution in [1.29, 1.82) is 0 Å². The summed E-state index contributed by atoms with van der Waals surface area (Å²) in [4.78, 5) is 11.6. The normalized spacial score (nSPS) is 16.3. The Morgan fingerprint density at radius 3 is 2.45 bits per heavy atom. The average molecular weight is 391 g/mol. The first-order valence-corrected chi connectivity index (χ1v) is 10.5. The van der Waals surface area contributed by atoms with Gasteiger partial charge in [0.05, 0.1) is 16.9 Å². The Morgan fingerprint density at radius 1 is 0.897 bits per heavy atom. The molecule has 4 rings (SSSR count). The molecular formula is C23H30N6. The van der Waals surface area contributed by atoms with Gasteiger partial charge in [0, 0.05) is 70.5 Å². The van der Waals surface area contributed by atoms with E-state index in [1.165, 1.54) is 10.9 Å². The van der Waals surface area contributed by atoms with Crippen molar-refractivity contribution in [3.8, 4) is 0 Å². The molecule has 152 valence electrons. The summed E-state index contributed by atoms with van der Waals surface area (Å²) in [7, 11) is 0. The number of pyridine rings is 2. The van der Waals surface area contributed by atoms with Gasteiger partial charge in [-0.2, -0.15) is 0 Å². The molecule has 0 atom stereocenters. The first-order valence-electron chi connectivity index (χ1n) is 10.5. The molecule has 0 amide bonds. The van der Waals surface area contributed by atoms with Crippen molar-refractivity contribution in [2.24, 2.45) is 0 Å². The van der Waals surface area contributed by atoms with Gasteiger partial charge in [-0.3, -0.25) is 14.9 Å². The highest BCUT2D eigenvalue weighted by Crippen LogP contribution is 2.15. The molecule has 29 heavy (non-hydrogen) atoms. The van der Waals surface area contributed by atoms with Crippen LogP contribution in [0.2, 0.25) is 0 Å². The summed E-state index contributed by atoms with van der Waals surface area (Å²) in [6.07, 6.45) is 1.90. The van der Waals surface area contributed by atoms with Crippen molar-refractivity contribution in [3.63, 3.8) is 0 Å². The summed E-state index contributed by atoms with van der Waals surface area (Å²) >= 11 is 0. The van der Waals surface area contributed by atoms with E-state index in [9.17, 15) is 0 Å². The number of benzene rings is 1. The number of para-hydroxylation sites is 1. The van der Waals surface area contributed by atoms with Crippen LogP contribution in [0.3, 0.4) is 0 Å². The molecule has 0 unspecified atom stereocenters. The summed E-state index contributed by atoms with van der Waals surface area (Å²) in [6, 6.07) is 16.7. The zero-order chi connectivity index (χ0) is 19.7. The van der Waals surface area contributed by atoms with E-state index in [1.54, 1.807) is 0 Å². The van der Waals surface area contributed by atoms with Crippen LogP contribution in [0.1, 0.15) is 17.0 Å². The lowest BCUT2D eigenvalue weighted by atomic mass is 10.1. The second kappa shape index (κ2) is 10.4. The van der Waals surface area contributed by atoms with Gasteiger partial charge >= 0.3 is 0 Å². The molecule has 1 aliphatic heterocycles. The monoisotopic (exact) mass is 390 g/mol. The molecule has 3 heterocycles. The van der Waals surface area contributed by atoms with Crippen LogP contribution in [-0.2, 0) is 19.6 Å². The summed E-state index contributed by atoms with van der Waals surface area (Å²) in [5.41, 5.74) is 4.60. The number of aromatic nitrogens is 2. The Bertz CT molecular complexity index is 880. The minimum Gasteiger partial charge on any atom is -0.311 e. The lowest BCUT2D eigenvalue weighted by Gasteiger charge is -2.23. The van der Waals surface area contributed by atoms with E-state index in [0.717, 1.165) is 75.8 Å². The first-order chi connectivity index (χ1) is 14.4. The topological polar surface area (TPSA) is 65.1 Å². The highest BCUT2D eigenvalue weighted by atomic mass is 15.2. The minimum atomic E-state index is 0.828. The smallest absolute Gasteiger partial charge is 0.0705 e. The first kappa shape index (κ1) is 19.9. The average Bonchev–Trinajstić information content (AvgIpc) is 2.76. The third-order valence-corrected chi connectivity index (χ3v) is 5.35. The van der Waals surface area contributed by atoms with Crippen LogP contribution in [0.4, 0.5) is 0 Å². The molecule has 3 N–H and O–H groups in total. The van der Waals surface area contributed by atoms with E-state index >= 15 is 0 Å². The number of hydrogen-bond donors (Lipinski definition) is 3. The Morgan fingerprint density at radius 2 is 1.66 bits per heavy atom. The van der Waals surface area contributed by atoms with Crippen LogP contribution in [0.5, 0.6) is 0 Å². The molecule has 1 aromatic carbocycles. The van der Waals surface area contributed by atoms with E-state index in [4.69, 9.17) is 0 Å². The van der Waals surface area contributed by atoms with E-state index < -0.39 is 0 Å². The van der Waals surface area contributed by atoms with Crippen molar-refractivity contribution in [2.45, 2.75) is 19.6 Å². The highest BCUT2D eigenvalue weighted by molar-refractivity contribution is 5.81. The van der Waals surface area contributed by atoms with E-state index in [-0.39, 0.29) is 0 Å². The van der Waals surface area contributed by atoms with Crippen LogP contribution in [0.25, 0.3) is 10.9 Å². The Balaban J connectivity index is 1.25. The summed E-state index contributed by atoms with van der Waals surface area (Å²) in [5, 5.41) is 11.9. The second-order valence-electron chi connectivity index (χ2n) is 7.48. The maximum Gasteiger partial charge on any atom is 0.0705 e.